The van der Waals surface area contributed by atoms with Crippen LogP contribution < -0.4 is 10.7 Å². The Morgan fingerprint density at radius 3 is 2.37 bits per heavy atom. The van der Waals surface area contributed by atoms with Crippen molar-refractivity contribution >= 4 is 67.3 Å². The molecular weight excluding hydrogens is 534 g/mol. The summed E-state index contributed by atoms with van der Waals surface area (Å²) in [5, 5.41) is 18.2. The SMILES string of the molecule is O=C(N/N=C\c1cc(Br)c(O)c(Br)c1)/C(=C\c1cccs1)NC(=O)c1ccccc1. The van der Waals surface area contributed by atoms with Crippen LogP contribution in [0, 0.1) is 0 Å². The topological polar surface area (TPSA) is 90.8 Å². The van der Waals surface area contributed by atoms with E-state index in [9.17, 15) is 14.7 Å². The molecule has 3 N–H and O–H groups in total. The van der Waals surface area contributed by atoms with Crippen LogP contribution in [-0.2, 0) is 4.79 Å². The van der Waals surface area contributed by atoms with Gasteiger partial charge in [-0.2, -0.15) is 5.10 Å². The molecule has 0 atom stereocenters. The van der Waals surface area contributed by atoms with E-state index < -0.39 is 11.8 Å². The maximum atomic E-state index is 12.7. The van der Waals surface area contributed by atoms with Crippen LogP contribution in [0.1, 0.15) is 20.8 Å². The van der Waals surface area contributed by atoms with Gasteiger partial charge < -0.3 is 10.4 Å². The summed E-state index contributed by atoms with van der Waals surface area (Å²) in [5.74, 6) is -0.897. The second-order valence-electron chi connectivity index (χ2n) is 5.93. The molecule has 1 heterocycles. The monoisotopic (exact) mass is 547 g/mol. The number of phenols is 1. The number of hydrogen-bond acceptors (Lipinski definition) is 5. The molecule has 0 bridgehead atoms. The first-order chi connectivity index (χ1) is 14.4. The molecule has 0 aliphatic heterocycles. The molecule has 3 aromatic rings. The highest BCUT2D eigenvalue weighted by molar-refractivity contribution is 9.11. The minimum absolute atomic E-state index is 0.0662. The third-order valence-corrected chi connectivity index (χ3v) is 5.81. The fraction of sp³-hybridized carbons (Fsp3) is 0. The summed E-state index contributed by atoms with van der Waals surface area (Å²) in [6.07, 6.45) is 3.01. The van der Waals surface area contributed by atoms with Gasteiger partial charge in [0.1, 0.15) is 11.4 Å². The minimum atomic E-state index is -0.569. The van der Waals surface area contributed by atoms with E-state index in [0.29, 0.717) is 20.1 Å². The predicted octanol–water partition coefficient (Wildman–Crippen LogP) is 4.90. The average molecular weight is 549 g/mol. The standard InChI is InChI=1S/C21H15Br2N3O3S/c22-16-9-13(10-17(23)19(16)27)12-24-26-21(29)18(11-15-7-4-8-30-15)25-20(28)14-5-2-1-3-6-14/h1-12,27H,(H,25,28)(H,26,29)/b18-11+,24-12-. The molecule has 152 valence electrons. The molecule has 0 unspecified atom stereocenters. The molecule has 0 saturated carbocycles. The Balaban J connectivity index is 1.76. The molecular formula is C21H15Br2N3O3S. The van der Waals surface area contributed by atoms with Gasteiger partial charge in [0.15, 0.2) is 0 Å². The summed E-state index contributed by atoms with van der Waals surface area (Å²) in [7, 11) is 0. The van der Waals surface area contributed by atoms with Crippen LogP contribution in [0.25, 0.3) is 6.08 Å². The third kappa shape index (κ3) is 5.88. The maximum Gasteiger partial charge on any atom is 0.287 e. The van der Waals surface area contributed by atoms with Crippen LogP contribution in [0.15, 0.2) is 79.7 Å². The van der Waals surface area contributed by atoms with Crippen molar-refractivity contribution in [1.82, 2.24) is 10.7 Å². The van der Waals surface area contributed by atoms with Gasteiger partial charge in [0.25, 0.3) is 11.8 Å². The number of rotatable bonds is 6. The Morgan fingerprint density at radius 1 is 1.03 bits per heavy atom. The normalized spacial score (nSPS) is 11.5. The first-order valence-electron chi connectivity index (χ1n) is 8.57. The number of aromatic hydroxyl groups is 1. The van der Waals surface area contributed by atoms with Crippen LogP contribution in [0.2, 0.25) is 0 Å². The van der Waals surface area contributed by atoms with E-state index in [2.05, 4.69) is 47.7 Å². The zero-order valence-corrected chi connectivity index (χ0v) is 19.3. The van der Waals surface area contributed by atoms with E-state index >= 15 is 0 Å². The first kappa shape index (κ1) is 21.9. The Morgan fingerprint density at radius 2 is 1.73 bits per heavy atom. The Hall–Kier alpha value is -2.75. The lowest BCUT2D eigenvalue weighted by atomic mass is 10.2. The number of hydrogen-bond donors (Lipinski definition) is 3. The molecule has 0 radical (unpaired) electrons. The van der Waals surface area contributed by atoms with E-state index in [-0.39, 0.29) is 11.4 Å². The van der Waals surface area contributed by atoms with Crippen molar-refractivity contribution < 1.29 is 14.7 Å². The molecule has 6 nitrogen and oxygen atoms in total. The van der Waals surface area contributed by atoms with Gasteiger partial charge in [-0.25, -0.2) is 5.43 Å². The molecule has 1 aromatic heterocycles. The predicted molar refractivity (Wildman–Crippen MR) is 125 cm³/mol. The van der Waals surface area contributed by atoms with Gasteiger partial charge in [-0.1, -0.05) is 24.3 Å². The second-order valence-corrected chi connectivity index (χ2v) is 8.61. The molecule has 9 heteroatoms. The summed E-state index contributed by atoms with van der Waals surface area (Å²) in [4.78, 5) is 26.0. The molecule has 2 amide bonds. The largest absolute Gasteiger partial charge is 0.506 e. The molecule has 0 saturated heterocycles. The molecule has 30 heavy (non-hydrogen) atoms. The Kier molecular flexibility index (Phi) is 7.56. The van der Waals surface area contributed by atoms with Crippen molar-refractivity contribution in [3.63, 3.8) is 0 Å². The number of hydrazone groups is 1. The molecule has 3 rings (SSSR count). The number of amides is 2. The number of thiophene rings is 1. The molecule has 0 aliphatic carbocycles. The van der Waals surface area contributed by atoms with Crippen LogP contribution in [0.3, 0.4) is 0 Å². The number of carbonyl (C=O) groups excluding carboxylic acids is 2. The lowest BCUT2D eigenvalue weighted by Gasteiger charge is -2.08. The van der Waals surface area contributed by atoms with Crippen molar-refractivity contribution in [3.05, 3.63) is 90.6 Å². The van der Waals surface area contributed by atoms with Crippen molar-refractivity contribution in [2.45, 2.75) is 0 Å². The Bertz CT molecular complexity index is 1090. The number of benzene rings is 2. The van der Waals surface area contributed by atoms with Gasteiger partial charge in [0, 0.05) is 10.4 Å². The zero-order chi connectivity index (χ0) is 21.5. The fourth-order valence-electron chi connectivity index (χ4n) is 2.34. The number of nitrogens with one attached hydrogen (secondary N) is 2. The highest BCUT2D eigenvalue weighted by atomic mass is 79.9. The molecule has 0 fully saturated rings. The van der Waals surface area contributed by atoms with Crippen LogP contribution in [0.5, 0.6) is 5.75 Å². The highest BCUT2D eigenvalue weighted by Gasteiger charge is 2.14. The fourth-order valence-corrected chi connectivity index (χ4v) is 4.22. The lowest BCUT2D eigenvalue weighted by Crippen LogP contribution is -2.32. The number of phenolic OH excluding ortho intramolecular Hbond substituents is 1. The third-order valence-electron chi connectivity index (χ3n) is 3.78. The smallest absolute Gasteiger partial charge is 0.287 e. The summed E-state index contributed by atoms with van der Waals surface area (Å²) < 4.78 is 0.969. The van der Waals surface area contributed by atoms with Crippen molar-refractivity contribution in [2.75, 3.05) is 0 Å². The van der Waals surface area contributed by atoms with Crippen LogP contribution >= 0.6 is 43.2 Å². The maximum absolute atomic E-state index is 12.7. The zero-order valence-electron chi connectivity index (χ0n) is 15.3. The van der Waals surface area contributed by atoms with Gasteiger partial charge in [-0.15, -0.1) is 11.3 Å². The Labute approximate surface area is 193 Å². The highest BCUT2D eigenvalue weighted by Crippen LogP contribution is 2.32. The van der Waals surface area contributed by atoms with E-state index in [1.54, 1.807) is 48.5 Å². The number of carbonyl (C=O) groups is 2. The van der Waals surface area contributed by atoms with Gasteiger partial charge in [0.2, 0.25) is 0 Å². The summed E-state index contributed by atoms with van der Waals surface area (Å²) in [6, 6.07) is 15.6. The van der Waals surface area contributed by atoms with Gasteiger partial charge in [-0.05, 0) is 79.2 Å². The molecule has 0 aliphatic rings. The van der Waals surface area contributed by atoms with Gasteiger partial charge in [0.05, 0.1) is 15.2 Å². The summed E-state index contributed by atoms with van der Waals surface area (Å²) in [5.41, 5.74) is 3.56. The van der Waals surface area contributed by atoms with E-state index in [4.69, 9.17) is 0 Å². The lowest BCUT2D eigenvalue weighted by molar-refractivity contribution is -0.117. The van der Waals surface area contributed by atoms with Gasteiger partial charge >= 0.3 is 0 Å². The molecule has 0 spiro atoms. The van der Waals surface area contributed by atoms with Crippen LogP contribution in [0.4, 0.5) is 0 Å². The van der Waals surface area contributed by atoms with Crippen LogP contribution in [-0.4, -0.2) is 23.1 Å². The van der Waals surface area contributed by atoms with E-state index in [1.165, 1.54) is 17.6 Å². The summed E-state index contributed by atoms with van der Waals surface area (Å²) >= 11 is 7.91. The summed E-state index contributed by atoms with van der Waals surface area (Å²) in [6.45, 7) is 0. The van der Waals surface area contributed by atoms with E-state index in [0.717, 1.165) is 4.88 Å². The van der Waals surface area contributed by atoms with Gasteiger partial charge in [-0.3, -0.25) is 9.59 Å². The quantitative estimate of drug-likeness (QED) is 0.232. The second kappa shape index (κ2) is 10.3. The average Bonchev–Trinajstić information content (AvgIpc) is 3.25. The van der Waals surface area contributed by atoms with E-state index in [1.807, 2.05) is 17.5 Å². The van der Waals surface area contributed by atoms with Crippen molar-refractivity contribution in [1.29, 1.82) is 0 Å². The minimum Gasteiger partial charge on any atom is -0.506 e. The number of nitrogens with zero attached hydrogens (tertiary/aromatic N) is 1. The van der Waals surface area contributed by atoms with Crippen molar-refractivity contribution in [3.8, 4) is 5.75 Å². The van der Waals surface area contributed by atoms with Crippen molar-refractivity contribution in [2.24, 2.45) is 5.10 Å². The first-order valence-corrected chi connectivity index (χ1v) is 11.0. The molecule has 2 aromatic carbocycles. The number of halogens is 2.